The van der Waals surface area contributed by atoms with Crippen LogP contribution in [0.25, 0.3) is 0 Å². The molecule has 1 atom stereocenters. The Kier molecular flexibility index (Phi) is 4.30. The van der Waals surface area contributed by atoms with E-state index in [4.69, 9.17) is 9.47 Å². The third-order valence-corrected chi connectivity index (χ3v) is 1.99. The summed E-state index contributed by atoms with van der Waals surface area (Å²) in [4.78, 5) is 8.39. The highest BCUT2D eigenvalue weighted by Crippen LogP contribution is 2.10. The standard InChI is InChI=1S/C10H17N3O2/c1-7-5-9(15-4)13-10(12-7)11-6-8(2)14-3/h5,8H,6H2,1-4H3,(H,11,12,13). The van der Waals surface area contributed by atoms with Crippen molar-refractivity contribution in [3.8, 4) is 5.88 Å². The van der Waals surface area contributed by atoms with Crippen molar-refractivity contribution in [1.29, 1.82) is 0 Å². The van der Waals surface area contributed by atoms with Crippen LogP contribution in [0.4, 0.5) is 5.95 Å². The number of nitrogens with zero attached hydrogens (tertiary/aromatic N) is 2. The van der Waals surface area contributed by atoms with Crippen LogP contribution in [-0.4, -0.2) is 36.8 Å². The molecule has 0 saturated carbocycles. The van der Waals surface area contributed by atoms with Gasteiger partial charge in [-0.05, 0) is 13.8 Å². The van der Waals surface area contributed by atoms with Gasteiger partial charge in [-0.1, -0.05) is 0 Å². The average Bonchev–Trinajstić information content (AvgIpc) is 2.25. The van der Waals surface area contributed by atoms with Gasteiger partial charge in [0.25, 0.3) is 0 Å². The van der Waals surface area contributed by atoms with Crippen LogP contribution in [0, 0.1) is 6.92 Å². The monoisotopic (exact) mass is 211 g/mol. The van der Waals surface area contributed by atoms with Gasteiger partial charge in [0, 0.05) is 25.4 Å². The Labute approximate surface area is 89.8 Å². The highest BCUT2D eigenvalue weighted by atomic mass is 16.5. The molecule has 0 saturated heterocycles. The molecule has 1 rings (SSSR count). The van der Waals surface area contributed by atoms with Gasteiger partial charge in [0.05, 0.1) is 13.2 Å². The van der Waals surface area contributed by atoms with Gasteiger partial charge >= 0.3 is 0 Å². The highest BCUT2D eigenvalue weighted by molar-refractivity contribution is 5.30. The quantitative estimate of drug-likeness (QED) is 0.794. The van der Waals surface area contributed by atoms with Crippen LogP contribution in [0.2, 0.25) is 0 Å². The molecule has 84 valence electrons. The number of anilines is 1. The summed E-state index contributed by atoms with van der Waals surface area (Å²) in [5, 5.41) is 3.08. The van der Waals surface area contributed by atoms with E-state index in [0.717, 1.165) is 5.69 Å². The minimum absolute atomic E-state index is 0.125. The Morgan fingerprint density at radius 1 is 1.40 bits per heavy atom. The number of aryl methyl sites for hydroxylation is 1. The number of hydrogen-bond donors (Lipinski definition) is 1. The van der Waals surface area contributed by atoms with Gasteiger partial charge in [0.2, 0.25) is 11.8 Å². The van der Waals surface area contributed by atoms with Crippen molar-refractivity contribution >= 4 is 5.95 Å². The lowest BCUT2D eigenvalue weighted by Crippen LogP contribution is -2.19. The predicted molar refractivity (Wildman–Crippen MR) is 58.3 cm³/mol. The van der Waals surface area contributed by atoms with Crippen LogP contribution >= 0.6 is 0 Å². The van der Waals surface area contributed by atoms with E-state index in [1.807, 2.05) is 13.8 Å². The van der Waals surface area contributed by atoms with E-state index in [-0.39, 0.29) is 6.10 Å². The molecule has 1 N–H and O–H groups in total. The Hall–Kier alpha value is -1.36. The fourth-order valence-electron chi connectivity index (χ4n) is 1.04. The number of ether oxygens (including phenoxy) is 2. The van der Waals surface area contributed by atoms with E-state index in [1.165, 1.54) is 0 Å². The molecule has 15 heavy (non-hydrogen) atoms. The van der Waals surface area contributed by atoms with Crippen LogP contribution in [0.1, 0.15) is 12.6 Å². The lowest BCUT2D eigenvalue weighted by molar-refractivity contribution is 0.128. The van der Waals surface area contributed by atoms with Crippen LogP contribution in [0.3, 0.4) is 0 Å². The summed E-state index contributed by atoms with van der Waals surface area (Å²) in [7, 11) is 3.26. The molecule has 0 bridgehead atoms. The number of hydrogen-bond acceptors (Lipinski definition) is 5. The van der Waals surface area contributed by atoms with Gasteiger partial charge in [0.1, 0.15) is 0 Å². The van der Waals surface area contributed by atoms with E-state index in [0.29, 0.717) is 18.4 Å². The zero-order valence-electron chi connectivity index (χ0n) is 9.57. The summed E-state index contributed by atoms with van der Waals surface area (Å²) >= 11 is 0. The molecule has 0 aromatic carbocycles. The third-order valence-electron chi connectivity index (χ3n) is 1.99. The van der Waals surface area contributed by atoms with Gasteiger partial charge in [-0.2, -0.15) is 4.98 Å². The molecule has 0 radical (unpaired) electrons. The minimum Gasteiger partial charge on any atom is -0.481 e. The zero-order valence-corrected chi connectivity index (χ0v) is 9.57. The second kappa shape index (κ2) is 5.50. The van der Waals surface area contributed by atoms with E-state index >= 15 is 0 Å². The first kappa shape index (κ1) is 11.7. The second-order valence-corrected chi connectivity index (χ2v) is 3.30. The lowest BCUT2D eigenvalue weighted by atomic mass is 10.4. The van der Waals surface area contributed by atoms with Crippen molar-refractivity contribution in [3.63, 3.8) is 0 Å². The number of rotatable bonds is 5. The molecule has 0 amide bonds. The molecule has 0 aliphatic carbocycles. The molecule has 0 fully saturated rings. The van der Waals surface area contributed by atoms with Crippen LogP contribution in [-0.2, 0) is 4.74 Å². The Morgan fingerprint density at radius 3 is 2.73 bits per heavy atom. The van der Waals surface area contributed by atoms with Gasteiger partial charge in [-0.15, -0.1) is 0 Å². The van der Waals surface area contributed by atoms with E-state index in [9.17, 15) is 0 Å². The Morgan fingerprint density at radius 2 is 2.13 bits per heavy atom. The van der Waals surface area contributed by atoms with Crippen molar-refractivity contribution in [3.05, 3.63) is 11.8 Å². The molecule has 1 aromatic heterocycles. The van der Waals surface area contributed by atoms with Crippen molar-refractivity contribution in [2.45, 2.75) is 20.0 Å². The molecule has 5 heteroatoms. The summed E-state index contributed by atoms with van der Waals surface area (Å²) in [6.07, 6.45) is 0.125. The largest absolute Gasteiger partial charge is 0.481 e. The van der Waals surface area contributed by atoms with Crippen molar-refractivity contribution in [1.82, 2.24) is 9.97 Å². The van der Waals surface area contributed by atoms with Crippen molar-refractivity contribution in [2.24, 2.45) is 0 Å². The van der Waals surface area contributed by atoms with E-state index in [1.54, 1.807) is 20.3 Å². The van der Waals surface area contributed by atoms with Crippen molar-refractivity contribution < 1.29 is 9.47 Å². The normalized spacial score (nSPS) is 12.3. The molecule has 5 nitrogen and oxygen atoms in total. The van der Waals surface area contributed by atoms with E-state index < -0.39 is 0 Å². The molecular formula is C10H17N3O2. The Balaban J connectivity index is 2.64. The molecular weight excluding hydrogens is 194 g/mol. The lowest BCUT2D eigenvalue weighted by Gasteiger charge is -2.11. The van der Waals surface area contributed by atoms with Gasteiger partial charge in [-0.25, -0.2) is 4.98 Å². The molecule has 0 aliphatic heterocycles. The molecule has 0 spiro atoms. The maximum Gasteiger partial charge on any atom is 0.226 e. The molecule has 1 unspecified atom stereocenters. The van der Waals surface area contributed by atoms with Crippen molar-refractivity contribution in [2.75, 3.05) is 26.1 Å². The van der Waals surface area contributed by atoms with E-state index in [2.05, 4.69) is 15.3 Å². The molecule has 1 aromatic rings. The smallest absolute Gasteiger partial charge is 0.226 e. The summed E-state index contributed by atoms with van der Waals surface area (Å²) in [6.45, 7) is 4.54. The summed E-state index contributed by atoms with van der Waals surface area (Å²) in [5.41, 5.74) is 0.870. The second-order valence-electron chi connectivity index (χ2n) is 3.30. The average molecular weight is 211 g/mol. The molecule has 0 aliphatic rings. The zero-order chi connectivity index (χ0) is 11.3. The SMILES string of the molecule is COc1cc(C)nc(NCC(C)OC)n1. The highest BCUT2D eigenvalue weighted by Gasteiger charge is 2.03. The van der Waals surface area contributed by atoms with Gasteiger partial charge < -0.3 is 14.8 Å². The van der Waals surface area contributed by atoms with Crippen LogP contribution in [0.5, 0.6) is 5.88 Å². The van der Waals surface area contributed by atoms with Crippen LogP contribution < -0.4 is 10.1 Å². The number of nitrogens with one attached hydrogen (secondary N) is 1. The maximum absolute atomic E-state index is 5.11. The van der Waals surface area contributed by atoms with Gasteiger partial charge in [0.15, 0.2) is 0 Å². The minimum atomic E-state index is 0.125. The summed E-state index contributed by atoms with van der Waals surface area (Å²) < 4.78 is 10.2. The fraction of sp³-hybridized carbons (Fsp3) is 0.600. The first-order chi connectivity index (χ1) is 7.15. The molecule has 1 heterocycles. The topological polar surface area (TPSA) is 56.3 Å². The summed E-state index contributed by atoms with van der Waals surface area (Å²) in [5.74, 6) is 1.13. The fourth-order valence-corrected chi connectivity index (χ4v) is 1.04. The Bertz CT molecular complexity index is 318. The first-order valence-corrected chi connectivity index (χ1v) is 4.82. The predicted octanol–water partition coefficient (Wildman–Crippen LogP) is 1.24. The first-order valence-electron chi connectivity index (χ1n) is 4.82. The summed E-state index contributed by atoms with van der Waals surface area (Å²) in [6, 6.07) is 1.78. The number of aromatic nitrogens is 2. The maximum atomic E-state index is 5.11. The third kappa shape index (κ3) is 3.71. The number of methoxy groups -OCH3 is 2. The van der Waals surface area contributed by atoms with Crippen LogP contribution in [0.15, 0.2) is 6.07 Å². The van der Waals surface area contributed by atoms with Gasteiger partial charge in [-0.3, -0.25) is 0 Å².